The molecular formula is C12H12FNS. The van der Waals surface area contributed by atoms with Crippen LogP contribution in [0.25, 0.3) is 0 Å². The minimum Gasteiger partial charge on any atom is -0.207 e. The quantitative estimate of drug-likeness (QED) is 0.761. The Morgan fingerprint density at radius 1 is 1.53 bits per heavy atom. The number of hydrogen-bond donors (Lipinski definition) is 0. The number of benzene rings is 1. The van der Waals surface area contributed by atoms with Gasteiger partial charge in [0.25, 0.3) is 0 Å². The molecule has 1 aromatic carbocycles. The van der Waals surface area contributed by atoms with E-state index in [0.29, 0.717) is 5.92 Å². The van der Waals surface area contributed by atoms with Gasteiger partial charge < -0.3 is 0 Å². The monoisotopic (exact) mass is 221 g/mol. The van der Waals surface area contributed by atoms with Crippen molar-refractivity contribution in [1.29, 1.82) is 5.26 Å². The fourth-order valence-corrected chi connectivity index (χ4v) is 3.57. The summed E-state index contributed by atoms with van der Waals surface area (Å²) < 4.78 is 12.6. The Balaban J connectivity index is 2.12. The highest BCUT2D eigenvalue weighted by atomic mass is 32.2. The van der Waals surface area contributed by atoms with E-state index in [1.807, 2.05) is 6.07 Å². The molecular weight excluding hydrogens is 209 g/mol. The summed E-state index contributed by atoms with van der Waals surface area (Å²) in [5.41, 5.74) is 0. The van der Waals surface area contributed by atoms with Crippen LogP contribution < -0.4 is 0 Å². The molecule has 1 saturated carbocycles. The number of halogens is 1. The van der Waals surface area contributed by atoms with Crippen LogP contribution in [0.1, 0.15) is 19.8 Å². The molecule has 0 heterocycles. The van der Waals surface area contributed by atoms with E-state index in [1.165, 1.54) is 23.9 Å². The summed E-state index contributed by atoms with van der Waals surface area (Å²) in [5, 5.41) is 9.12. The van der Waals surface area contributed by atoms with Crippen LogP contribution in [0.15, 0.2) is 29.2 Å². The SMILES string of the molecule is CC1CC(C#N)(Sc2cccc(F)c2)C1. The minimum absolute atomic E-state index is 0.236. The van der Waals surface area contributed by atoms with Crippen molar-refractivity contribution in [3.63, 3.8) is 0 Å². The molecule has 2 rings (SSSR count). The Morgan fingerprint density at radius 3 is 2.80 bits per heavy atom. The van der Waals surface area contributed by atoms with E-state index >= 15 is 0 Å². The fourth-order valence-electron chi connectivity index (χ4n) is 2.02. The van der Waals surface area contributed by atoms with Gasteiger partial charge in [0.2, 0.25) is 0 Å². The molecule has 0 unspecified atom stereocenters. The summed E-state index contributed by atoms with van der Waals surface area (Å²) in [6.07, 6.45) is 1.81. The molecule has 3 heteroatoms. The summed E-state index contributed by atoms with van der Waals surface area (Å²) in [6, 6.07) is 8.81. The molecule has 0 aromatic heterocycles. The predicted molar refractivity (Wildman–Crippen MR) is 59.0 cm³/mol. The van der Waals surface area contributed by atoms with Crippen LogP contribution in [0.2, 0.25) is 0 Å². The molecule has 0 radical (unpaired) electrons. The molecule has 0 aliphatic heterocycles. The van der Waals surface area contributed by atoms with Gasteiger partial charge in [-0.1, -0.05) is 13.0 Å². The molecule has 1 fully saturated rings. The molecule has 1 aliphatic rings. The standard InChI is InChI=1S/C12H12FNS/c1-9-6-12(7-9,8-14)15-11-4-2-3-10(13)5-11/h2-5,9H,6-7H2,1H3. The van der Waals surface area contributed by atoms with Crippen LogP contribution in [0.3, 0.4) is 0 Å². The lowest BCUT2D eigenvalue weighted by Crippen LogP contribution is -2.37. The second kappa shape index (κ2) is 3.86. The lowest BCUT2D eigenvalue weighted by molar-refractivity contribution is 0.303. The van der Waals surface area contributed by atoms with E-state index in [-0.39, 0.29) is 10.6 Å². The number of nitrogens with zero attached hydrogens (tertiary/aromatic N) is 1. The van der Waals surface area contributed by atoms with Gasteiger partial charge in [-0.3, -0.25) is 0 Å². The van der Waals surface area contributed by atoms with Crippen molar-refractivity contribution >= 4 is 11.8 Å². The van der Waals surface area contributed by atoms with Gasteiger partial charge in [-0.2, -0.15) is 5.26 Å². The molecule has 0 N–H and O–H groups in total. The highest BCUT2D eigenvalue weighted by molar-refractivity contribution is 8.01. The molecule has 78 valence electrons. The van der Waals surface area contributed by atoms with Crippen LogP contribution in [-0.4, -0.2) is 4.75 Å². The average Bonchev–Trinajstić information content (AvgIpc) is 2.15. The second-order valence-electron chi connectivity index (χ2n) is 4.18. The lowest BCUT2D eigenvalue weighted by atomic mass is 9.76. The fraction of sp³-hybridized carbons (Fsp3) is 0.417. The molecule has 15 heavy (non-hydrogen) atoms. The molecule has 0 amide bonds. The van der Waals surface area contributed by atoms with Gasteiger partial charge in [0.05, 0.1) is 6.07 Å². The third kappa shape index (κ3) is 2.15. The van der Waals surface area contributed by atoms with E-state index in [1.54, 1.807) is 6.07 Å². The maximum absolute atomic E-state index is 12.9. The average molecular weight is 221 g/mol. The first-order chi connectivity index (χ1) is 7.13. The maximum Gasteiger partial charge on any atom is 0.124 e. The van der Waals surface area contributed by atoms with E-state index in [9.17, 15) is 4.39 Å². The Labute approximate surface area is 93.3 Å². The van der Waals surface area contributed by atoms with Gasteiger partial charge in [-0.05, 0) is 37.0 Å². The normalized spacial score (nSPS) is 29.3. The van der Waals surface area contributed by atoms with Crippen molar-refractivity contribution in [2.45, 2.75) is 29.4 Å². The van der Waals surface area contributed by atoms with Crippen LogP contribution >= 0.6 is 11.8 Å². The van der Waals surface area contributed by atoms with Crippen LogP contribution in [-0.2, 0) is 0 Å². The van der Waals surface area contributed by atoms with Crippen LogP contribution in [0.4, 0.5) is 4.39 Å². The highest BCUT2D eigenvalue weighted by Gasteiger charge is 2.43. The highest BCUT2D eigenvalue weighted by Crippen LogP contribution is 2.50. The Hall–Kier alpha value is -1.01. The summed E-state index contributed by atoms with van der Waals surface area (Å²) in [4.78, 5) is 0.850. The van der Waals surface area contributed by atoms with Crippen molar-refractivity contribution in [2.75, 3.05) is 0 Å². The largest absolute Gasteiger partial charge is 0.207 e. The smallest absolute Gasteiger partial charge is 0.124 e. The van der Waals surface area contributed by atoms with Crippen molar-refractivity contribution in [2.24, 2.45) is 5.92 Å². The summed E-state index contributed by atoms with van der Waals surface area (Å²) in [7, 11) is 0. The summed E-state index contributed by atoms with van der Waals surface area (Å²) in [5.74, 6) is 0.381. The van der Waals surface area contributed by atoms with Crippen molar-refractivity contribution < 1.29 is 4.39 Å². The maximum atomic E-state index is 12.9. The van der Waals surface area contributed by atoms with Crippen molar-refractivity contribution in [3.8, 4) is 6.07 Å². The third-order valence-corrected chi connectivity index (χ3v) is 3.97. The van der Waals surface area contributed by atoms with E-state index in [0.717, 1.165) is 17.7 Å². The Bertz CT molecular complexity index is 404. The Morgan fingerprint density at radius 2 is 2.27 bits per heavy atom. The number of thioether (sulfide) groups is 1. The lowest BCUT2D eigenvalue weighted by Gasteiger charge is -2.40. The van der Waals surface area contributed by atoms with E-state index in [4.69, 9.17) is 5.26 Å². The van der Waals surface area contributed by atoms with Crippen molar-refractivity contribution in [1.82, 2.24) is 0 Å². The van der Waals surface area contributed by atoms with E-state index < -0.39 is 0 Å². The predicted octanol–water partition coefficient (Wildman–Crippen LogP) is 3.61. The zero-order valence-electron chi connectivity index (χ0n) is 8.53. The van der Waals surface area contributed by atoms with Crippen LogP contribution in [0.5, 0.6) is 0 Å². The zero-order chi connectivity index (χ0) is 10.9. The number of hydrogen-bond acceptors (Lipinski definition) is 2. The molecule has 1 aliphatic carbocycles. The summed E-state index contributed by atoms with van der Waals surface area (Å²) in [6.45, 7) is 2.14. The molecule has 0 spiro atoms. The van der Waals surface area contributed by atoms with Gasteiger partial charge >= 0.3 is 0 Å². The molecule has 0 bridgehead atoms. The first-order valence-electron chi connectivity index (χ1n) is 4.99. The topological polar surface area (TPSA) is 23.8 Å². The van der Waals surface area contributed by atoms with Crippen molar-refractivity contribution in [3.05, 3.63) is 30.1 Å². The molecule has 1 nitrogen and oxygen atoms in total. The first-order valence-corrected chi connectivity index (χ1v) is 5.81. The zero-order valence-corrected chi connectivity index (χ0v) is 9.35. The van der Waals surface area contributed by atoms with E-state index in [2.05, 4.69) is 13.0 Å². The van der Waals surface area contributed by atoms with Gasteiger partial charge in [0.1, 0.15) is 10.6 Å². The van der Waals surface area contributed by atoms with Gasteiger partial charge in [0, 0.05) is 4.90 Å². The Kier molecular flexibility index (Phi) is 2.70. The third-order valence-electron chi connectivity index (χ3n) is 2.67. The number of rotatable bonds is 2. The molecule has 0 atom stereocenters. The minimum atomic E-state index is -0.312. The summed E-state index contributed by atoms with van der Waals surface area (Å²) >= 11 is 1.49. The number of nitriles is 1. The van der Waals surface area contributed by atoms with Gasteiger partial charge in [-0.25, -0.2) is 4.39 Å². The molecule has 1 aromatic rings. The van der Waals surface area contributed by atoms with Crippen LogP contribution in [0, 0.1) is 23.1 Å². The second-order valence-corrected chi connectivity index (χ2v) is 5.64. The van der Waals surface area contributed by atoms with Gasteiger partial charge in [-0.15, -0.1) is 11.8 Å². The van der Waals surface area contributed by atoms with Gasteiger partial charge in [0.15, 0.2) is 0 Å². The first kappa shape index (κ1) is 10.5. The molecule has 0 saturated heterocycles.